The molecular weight excluding hydrogens is 348 g/mol. The van der Waals surface area contributed by atoms with E-state index in [1.54, 1.807) is 7.11 Å². The summed E-state index contributed by atoms with van der Waals surface area (Å²) in [7, 11) is 1.69. The van der Waals surface area contributed by atoms with Crippen LogP contribution in [0.15, 0.2) is 60.8 Å². The van der Waals surface area contributed by atoms with Crippen LogP contribution in [0.3, 0.4) is 0 Å². The van der Waals surface area contributed by atoms with Crippen molar-refractivity contribution in [3.8, 4) is 11.5 Å². The molecule has 1 aromatic heterocycles. The van der Waals surface area contributed by atoms with Crippen LogP contribution < -0.4 is 14.8 Å². The average molecular weight is 374 g/mol. The van der Waals surface area contributed by atoms with Crippen molar-refractivity contribution in [2.24, 2.45) is 0 Å². The van der Waals surface area contributed by atoms with Crippen LogP contribution in [0.2, 0.25) is 0 Å². The third-order valence-corrected chi connectivity index (χ3v) is 5.40. The van der Waals surface area contributed by atoms with Crippen LogP contribution >= 0.6 is 0 Å². The molecule has 144 valence electrons. The maximum atomic E-state index is 6.01. The van der Waals surface area contributed by atoms with Gasteiger partial charge in [-0.3, -0.25) is 0 Å². The summed E-state index contributed by atoms with van der Waals surface area (Å²) in [4.78, 5) is 4.45. The number of anilines is 1. The molecule has 1 aliphatic heterocycles. The van der Waals surface area contributed by atoms with Crippen LogP contribution in [-0.2, 0) is 13.0 Å². The number of ether oxygens (including phenoxy) is 2. The molecule has 4 rings (SSSR count). The largest absolute Gasteiger partial charge is 0.493 e. The Balaban J connectivity index is 1.48. The van der Waals surface area contributed by atoms with Gasteiger partial charge >= 0.3 is 0 Å². The molecule has 1 aliphatic rings. The molecule has 4 heteroatoms. The average Bonchev–Trinajstić information content (AvgIpc) is 3.03. The van der Waals surface area contributed by atoms with Crippen LogP contribution in [0.5, 0.6) is 11.5 Å². The Morgan fingerprint density at radius 3 is 2.57 bits per heavy atom. The third kappa shape index (κ3) is 3.81. The maximum Gasteiger partial charge on any atom is 0.161 e. The normalized spacial score (nSPS) is 17.7. The minimum Gasteiger partial charge on any atom is -0.493 e. The molecule has 2 unspecified atom stereocenters. The zero-order chi connectivity index (χ0) is 19.5. The van der Waals surface area contributed by atoms with Crippen molar-refractivity contribution in [1.29, 1.82) is 0 Å². The minimum absolute atomic E-state index is 0.355. The van der Waals surface area contributed by atoms with Crippen molar-refractivity contribution in [2.45, 2.75) is 38.8 Å². The molecule has 28 heavy (non-hydrogen) atoms. The molecule has 0 amide bonds. The highest BCUT2D eigenvalue weighted by Crippen LogP contribution is 2.38. The van der Waals surface area contributed by atoms with E-state index >= 15 is 0 Å². The van der Waals surface area contributed by atoms with Gasteiger partial charge < -0.3 is 14.8 Å². The molecule has 4 nitrogen and oxygen atoms in total. The first-order chi connectivity index (χ1) is 13.6. The predicted molar refractivity (Wildman–Crippen MR) is 112 cm³/mol. The Bertz CT molecular complexity index is 953. The maximum absolute atomic E-state index is 6.01. The van der Waals surface area contributed by atoms with Gasteiger partial charge in [0.15, 0.2) is 11.5 Å². The lowest BCUT2D eigenvalue weighted by Gasteiger charge is -2.17. The first-order valence-electron chi connectivity index (χ1n) is 9.71. The Labute approximate surface area is 166 Å². The number of nitrogens with zero attached hydrogens (tertiary/aromatic N) is 1. The standard InChI is InChI=1S/C24H26N2O2/c1-16-6-8-18(9-7-16)15-28-22-11-10-19(14-23(22)27-3)13-21-17(2)26-24-20(21)5-4-12-25-24/h4-12,14,17,21H,13,15H2,1-3H3,(H,25,26). The molecule has 0 saturated heterocycles. The van der Waals surface area contributed by atoms with E-state index in [4.69, 9.17) is 9.47 Å². The fraction of sp³-hybridized carbons (Fsp3) is 0.292. The summed E-state index contributed by atoms with van der Waals surface area (Å²) in [5.74, 6) is 2.94. The number of hydrogen-bond donors (Lipinski definition) is 1. The number of nitrogens with one attached hydrogen (secondary N) is 1. The topological polar surface area (TPSA) is 43.4 Å². The first-order valence-corrected chi connectivity index (χ1v) is 9.71. The number of pyridine rings is 1. The predicted octanol–water partition coefficient (Wildman–Crippen LogP) is 5.12. The van der Waals surface area contributed by atoms with E-state index in [-0.39, 0.29) is 0 Å². The molecule has 0 saturated carbocycles. The van der Waals surface area contributed by atoms with E-state index in [2.05, 4.69) is 66.6 Å². The van der Waals surface area contributed by atoms with Crippen LogP contribution in [0.4, 0.5) is 5.82 Å². The molecule has 0 radical (unpaired) electrons. The summed E-state index contributed by atoms with van der Waals surface area (Å²) < 4.78 is 11.6. The highest BCUT2D eigenvalue weighted by atomic mass is 16.5. The molecule has 2 heterocycles. The number of rotatable bonds is 6. The molecule has 2 atom stereocenters. The number of benzene rings is 2. The van der Waals surface area contributed by atoms with Crippen LogP contribution in [0.1, 0.15) is 35.1 Å². The smallest absolute Gasteiger partial charge is 0.161 e. The minimum atomic E-state index is 0.355. The van der Waals surface area contributed by atoms with Gasteiger partial charge in [0.25, 0.3) is 0 Å². The molecule has 3 aromatic rings. The molecule has 0 aliphatic carbocycles. The van der Waals surface area contributed by atoms with Crippen molar-refractivity contribution >= 4 is 5.82 Å². The van der Waals surface area contributed by atoms with E-state index in [0.29, 0.717) is 18.6 Å². The summed E-state index contributed by atoms with van der Waals surface area (Å²) in [6, 6.07) is 19.2. The van der Waals surface area contributed by atoms with Gasteiger partial charge in [0.1, 0.15) is 12.4 Å². The van der Waals surface area contributed by atoms with E-state index < -0.39 is 0 Å². The van der Waals surface area contributed by atoms with Crippen LogP contribution in [-0.4, -0.2) is 18.1 Å². The number of aryl methyl sites for hydroxylation is 1. The lowest BCUT2D eigenvalue weighted by atomic mass is 9.90. The van der Waals surface area contributed by atoms with Gasteiger partial charge in [-0.15, -0.1) is 0 Å². The molecule has 0 fully saturated rings. The second-order valence-electron chi connectivity index (χ2n) is 7.44. The molecule has 2 aromatic carbocycles. The van der Waals surface area contributed by atoms with Gasteiger partial charge in [0.05, 0.1) is 7.11 Å². The zero-order valence-corrected chi connectivity index (χ0v) is 16.6. The van der Waals surface area contributed by atoms with E-state index in [1.165, 1.54) is 16.7 Å². The Morgan fingerprint density at radius 2 is 1.79 bits per heavy atom. The van der Waals surface area contributed by atoms with Crippen LogP contribution in [0, 0.1) is 6.92 Å². The lowest BCUT2D eigenvalue weighted by Crippen LogP contribution is -2.18. The highest BCUT2D eigenvalue weighted by molar-refractivity contribution is 5.54. The monoisotopic (exact) mass is 374 g/mol. The fourth-order valence-corrected chi connectivity index (χ4v) is 3.77. The Morgan fingerprint density at radius 1 is 1.00 bits per heavy atom. The van der Waals surface area contributed by atoms with Gasteiger partial charge in [-0.25, -0.2) is 4.98 Å². The fourth-order valence-electron chi connectivity index (χ4n) is 3.77. The third-order valence-electron chi connectivity index (χ3n) is 5.40. The highest BCUT2D eigenvalue weighted by Gasteiger charge is 2.29. The molecule has 1 N–H and O–H groups in total. The summed E-state index contributed by atoms with van der Waals surface area (Å²) >= 11 is 0. The summed E-state index contributed by atoms with van der Waals surface area (Å²) in [6.07, 6.45) is 2.77. The van der Waals surface area contributed by atoms with Crippen molar-refractivity contribution in [3.63, 3.8) is 0 Å². The summed E-state index contributed by atoms with van der Waals surface area (Å²) in [5.41, 5.74) is 4.91. The van der Waals surface area contributed by atoms with Crippen molar-refractivity contribution in [3.05, 3.63) is 83.0 Å². The van der Waals surface area contributed by atoms with Gasteiger partial charge in [-0.1, -0.05) is 42.0 Å². The number of hydrogen-bond acceptors (Lipinski definition) is 4. The van der Waals surface area contributed by atoms with Gasteiger partial charge in [0.2, 0.25) is 0 Å². The molecule has 0 bridgehead atoms. The zero-order valence-electron chi connectivity index (χ0n) is 16.6. The first kappa shape index (κ1) is 18.4. The Kier molecular flexibility index (Phi) is 5.20. The number of fused-ring (bicyclic) bond motifs is 1. The van der Waals surface area contributed by atoms with E-state index in [1.807, 2.05) is 18.3 Å². The number of aromatic nitrogens is 1. The van der Waals surface area contributed by atoms with E-state index in [0.717, 1.165) is 29.3 Å². The Hall–Kier alpha value is -3.01. The van der Waals surface area contributed by atoms with E-state index in [9.17, 15) is 0 Å². The van der Waals surface area contributed by atoms with Crippen molar-refractivity contribution in [2.75, 3.05) is 12.4 Å². The lowest BCUT2D eigenvalue weighted by molar-refractivity contribution is 0.284. The molecule has 0 spiro atoms. The summed E-state index contributed by atoms with van der Waals surface area (Å²) in [6.45, 7) is 4.82. The summed E-state index contributed by atoms with van der Waals surface area (Å²) in [5, 5.41) is 3.48. The second-order valence-corrected chi connectivity index (χ2v) is 7.44. The second kappa shape index (κ2) is 7.93. The van der Waals surface area contributed by atoms with Crippen molar-refractivity contribution < 1.29 is 9.47 Å². The quantitative estimate of drug-likeness (QED) is 0.650. The SMILES string of the molecule is COc1cc(CC2c3cccnc3NC2C)ccc1OCc1ccc(C)cc1. The van der Waals surface area contributed by atoms with Gasteiger partial charge in [0, 0.05) is 18.2 Å². The van der Waals surface area contributed by atoms with Gasteiger partial charge in [-0.2, -0.15) is 0 Å². The number of methoxy groups -OCH3 is 1. The van der Waals surface area contributed by atoms with Crippen LogP contribution in [0.25, 0.3) is 0 Å². The molecular formula is C24H26N2O2. The van der Waals surface area contributed by atoms with Gasteiger partial charge in [-0.05, 0) is 55.2 Å². The van der Waals surface area contributed by atoms with Crippen molar-refractivity contribution in [1.82, 2.24) is 4.98 Å².